The first-order valence-electron chi connectivity index (χ1n) is 6.57. The highest BCUT2D eigenvalue weighted by Gasteiger charge is 2.40. The van der Waals surface area contributed by atoms with Crippen LogP contribution in [0.4, 0.5) is 11.5 Å². The average Bonchev–Trinajstić information content (AvgIpc) is 3.01. The molecule has 96 valence electrons. The summed E-state index contributed by atoms with van der Waals surface area (Å²) in [5.74, 6) is 0.997. The molecule has 0 bridgehead atoms. The number of anilines is 2. The summed E-state index contributed by atoms with van der Waals surface area (Å²) >= 11 is 0. The molecule has 0 saturated heterocycles. The zero-order valence-electron chi connectivity index (χ0n) is 11.4. The smallest absolute Gasteiger partial charge is 0.148 e. The highest BCUT2D eigenvalue weighted by molar-refractivity contribution is 5.65. The maximum atomic E-state index is 6.09. The van der Waals surface area contributed by atoms with Gasteiger partial charge in [-0.05, 0) is 45.4 Å². The van der Waals surface area contributed by atoms with Gasteiger partial charge in [-0.2, -0.15) is 5.10 Å². The molecule has 1 aromatic heterocycles. The monoisotopic (exact) mass is 236 g/mol. The van der Waals surface area contributed by atoms with Gasteiger partial charge in [0.15, 0.2) is 0 Å². The van der Waals surface area contributed by atoms with Crippen molar-refractivity contribution in [2.45, 2.75) is 53.0 Å². The van der Waals surface area contributed by atoms with Crippen molar-refractivity contribution in [2.24, 2.45) is 5.41 Å². The van der Waals surface area contributed by atoms with Crippen LogP contribution in [0.15, 0.2) is 0 Å². The summed E-state index contributed by atoms with van der Waals surface area (Å²) < 4.78 is 2.00. The van der Waals surface area contributed by atoms with E-state index in [1.807, 2.05) is 11.6 Å². The molecule has 0 spiro atoms. The number of aromatic nitrogens is 2. The Morgan fingerprint density at radius 2 is 2.12 bits per heavy atom. The van der Waals surface area contributed by atoms with Crippen molar-refractivity contribution in [2.75, 3.05) is 17.6 Å². The second-order valence-corrected chi connectivity index (χ2v) is 5.59. The van der Waals surface area contributed by atoms with Crippen LogP contribution in [0.3, 0.4) is 0 Å². The van der Waals surface area contributed by atoms with E-state index < -0.39 is 0 Å². The number of rotatable bonds is 5. The topological polar surface area (TPSA) is 55.9 Å². The lowest BCUT2D eigenvalue weighted by atomic mass is 10.0. The fourth-order valence-electron chi connectivity index (χ4n) is 2.21. The van der Waals surface area contributed by atoms with Gasteiger partial charge in [-0.3, -0.25) is 0 Å². The van der Waals surface area contributed by atoms with E-state index in [0.717, 1.165) is 23.7 Å². The van der Waals surface area contributed by atoms with Crippen LogP contribution in [0, 0.1) is 12.3 Å². The molecule has 1 fully saturated rings. The molecule has 1 saturated carbocycles. The standard InChI is InChI=1S/C13H24N4/c1-5-13(6-7-13)8-15-12-11(14)10(4)16-17(12)9(2)3/h9,15H,5-8,14H2,1-4H3. The summed E-state index contributed by atoms with van der Waals surface area (Å²) in [6.45, 7) is 9.51. The molecule has 0 radical (unpaired) electrons. The maximum Gasteiger partial charge on any atom is 0.148 e. The van der Waals surface area contributed by atoms with Crippen molar-refractivity contribution in [3.63, 3.8) is 0 Å². The highest BCUT2D eigenvalue weighted by Crippen LogP contribution is 2.48. The minimum atomic E-state index is 0.338. The number of hydrogen-bond donors (Lipinski definition) is 2. The molecule has 3 N–H and O–H groups in total. The molecule has 4 nitrogen and oxygen atoms in total. The third kappa shape index (κ3) is 2.26. The molecular weight excluding hydrogens is 212 g/mol. The van der Waals surface area contributed by atoms with Crippen LogP contribution in [-0.4, -0.2) is 16.3 Å². The van der Waals surface area contributed by atoms with Crippen LogP contribution in [0.1, 0.15) is 51.8 Å². The van der Waals surface area contributed by atoms with Crippen molar-refractivity contribution in [1.29, 1.82) is 0 Å². The second kappa shape index (κ2) is 4.24. The zero-order chi connectivity index (χ0) is 12.6. The Kier molecular flexibility index (Phi) is 3.06. The summed E-state index contributed by atoms with van der Waals surface area (Å²) in [7, 11) is 0. The number of nitrogens with two attached hydrogens (primary N) is 1. The normalized spacial score (nSPS) is 17.5. The van der Waals surface area contributed by atoms with E-state index in [1.165, 1.54) is 19.3 Å². The van der Waals surface area contributed by atoms with Crippen molar-refractivity contribution < 1.29 is 0 Å². The molecule has 17 heavy (non-hydrogen) atoms. The number of nitrogens with one attached hydrogen (secondary N) is 1. The molecule has 0 aliphatic heterocycles. The molecule has 4 heteroatoms. The van der Waals surface area contributed by atoms with Crippen LogP contribution in [0.5, 0.6) is 0 Å². The van der Waals surface area contributed by atoms with E-state index in [-0.39, 0.29) is 0 Å². The Balaban J connectivity index is 2.14. The number of nitrogens with zero attached hydrogens (tertiary/aromatic N) is 2. The number of aryl methyl sites for hydroxylation is 1. The molecule has 1 aliphatic carbocycles. The van der Waals surface area contributed by atoms with Gasteiger partial charge >= 0.3 is 0 Å². The van der Waals surface area contributed by atoms with Gasteiger partial charge in [0.1, 0.15) is 5.82 Å². The van der Waals surface area contributed by atoms with Crippen LogP contribution < -0.4 is 11.1 Å². The van der Waals surface area contributed by atoms with Crippen molar-refractivity contribution in [1.82, 2.24) is 9.78 Å². The summed E-state index contributed by atoms with van der Waals surface area (Å²) in [5, 5.41) is 8.00. The minimum absolute atomic E-state index is 0.338. The predicted octanol–water partition coefficient (Wildman–Crippen LogP) is 2.96. The van der Waals surface area contributed by atoms with E-state index in [4.69, 9.17) is 5.73 Å². The second-order valence-electron chi connectivity index (χ2n) is 5.59. The SMILES string of the molecule is CCC1(CNc2c(N)c(C)nn2C(C)C)CC1. The van der Waals surface area contributed by atoms with Crippen molar-refractivity contribution >= 4 is 11.5 Å². The fourth-order valence-corrected chi connectivity index (χ4v) is 2.21. The molecule has 0 atom stereocenters. The third-order valence-electron chi connectivity index (χ3n) is 3.96. The molecule has 0 unspecified atom stereocenters. The largest absolute Gasteiger partial charge is 0.394 e. The van der Waals surface area contributed by atoms with Gasteiger partial charge in [-0.1, -0.05) is 6.92 Å². The zero-order valence-corrected chi connectivity index (χ0v) is 11.4. The van der Waals surface area contributed by atoms with Crippen molar-refractivity contribution in [3.05, 3.63) is 5.69 Å². The first kappa shape index (κ1) is 12.3. The Morgan fingerprint density at radius 1 is 1.47 bits per heavy atom. The van der Waals surface area contributed by atoms with Gasteiger partial charge in [0.25, 0.3) is 0 Å². The number of nitrogen functional groups attached to an aromatic ring is 1. The van der Waals surface area contributed by atoms with Gasteiger partial charge < -0.3 is 11.1 Å². The Bertz CT molecular complexity index is 402. The average molecular weight is 236 g/mol. The Hall–Kier alpha value is -1.19. The molecular formula is C13H24N4. The van der Waals surface area contributed by atoms with E-state index in [9.17, 15) is 0 Å². The van der Waals surface area contributed by atoms with Gasteiger partial charge in [-0.25, -0.2) is 4.68 Å². The molecule has 0 amide bonds. The maximum absolute atomic E-state index is 6.09. The first-order valence-corrected chi connectivity index (χ1v) is 6.57. The lowest BCUT2D eigenvalue weighted by molar-refractivity contribution is 0.504. The van der Waals surface area contributed by atoms with Crippen molar-refractivity contribution in [3.8, 4) is 0 Å². The molecule has 0 aromatic carbocycles. The molecule has 1 aliphatic rings. The van der Waals surface area contributed by atoms with Crippen LogP contribution >= 0.6 is 0 Å². The highest BCUT2D eigenvalue weighted by atomic mass is 15.4. The summed E-state index contributed by atoms with van der Waals surface area (Å²) in [6, 6.07) is 0.338. The van der Waals surface area contributed by atoms with E-state index >= 15 is 0 Å². The lowest BCUT2D eigenvalue weighted by Gasteiger charge is -2.17. The van der Waals surface area contributed by atoms with Crippen LogP contribution in [0.25, 0.3) is 0 Å². The van der Waals surface area contributed by atoms with Gasteiger partial charge in [0.2, 0.25) is 0 Å². The summed E-state index contributed by atoms with van der Waals surface area (Å²) in [5.41, 5.74) is 8.32. The molecule has 1 aromatic rings. The molecule has 2 rings (SSSR count). The number of hydrogen-bond acceptors (Lipinski definition) is 3. The van der Waals surface area contributed by atoms with E-state index in [2.05, 4.69) is 31.2 Å². The van der Waals surface area contributed by atoms with Gasteiger partial charge in [0.05, 0.1) is 11.4 Å². The van der Waals surface area contributed by atoms with E-state index in [1.54, 1.807) is 0 Å². The Morgan fingerprint density at radius 3 is 2.59 bits per heavy atom. The minimum Gasteiger partial charge on any atom is -0.394 e. The fraction of sp³-hybridized carbons (Fsp3) is 0.769. The third-order valence-corrected chi connectivity index (χ3v) is 3.96. The van der Waals surface area contributed by atoms with Gasteiger partial charge in [0, 0.05) is 12.6 Å². The van der Waals surface area contributed by atoms with E-state index in [0.29, 0.717) is 11.5 Å². The van der Waals surface area contributed by atoms with Crippen LogP contribution in [-0.2, 0) is 0 Å². The quantitative estimate of drug-likeness (QED) is 0.826. The Labute approximate surface area is 104 Å². The predicted molar refractivity (Wildman–Crippen MR) is 72.2 cm³/mol. The molecule has 1 heterocycles. The summed E-state index contributed by atoms with van der Waals surface area (Å²) in [4.78, 5) is 0. The van der Waals surface area contributed by atoms with Crippen LogP contribution in [0.2, 0.25) is 0 Å². The lowest BCUT2D eigenvalue weighted by Crippen LogP contribution is -2.18. The first-order chi connectivity index (χ1) is 7.99. The summed E-state index contributed by atoms with van der Waals surface area (Å²) in [6.07, 6.45) is 3.92. The van der Waals surface area contributed by atoms with Gasteiger partial charge in [-0.15, -0.1) is 0 Å².